The average molecular weight is 492 g/mol. The summed E-state index contributed by atoms with van der Waals surface area (Å²) in [5.41, 5.74) is 1.30. The number of aromatic nitrogens is 2. The van der Waals surface area contributed by atoms with E-state index in [-0.39, 0.29) is 31.7 Å². The van der Waals surface area contributed by atoms with Crippen LogP contribution in [-0.4, -0.2) is 43.0 Å². The van der Waals surface area contributed by atoms with E-state index >= 15 is 0 Å². The van der Waals surface area contributed by atoms with Crippen molar-refractivity contribution in [2.45, 2.75) is 71.6 Å². The maximum absolute atomic E-state index is 13.2. The van der Waals surface area contributed by atoms with Crippen molar-refractivity contribution in [3.8, 4) is 5.88 Å². The lowest BCUT2D eigenvalue weighted by Crippen LogP contribution is -2.38. The smallest absolute Gasteiger partial charge is 0.264 e. The second-order valence-corrected chi connectivity index (χ2v) is 11.0. The molecular weight excluding hydrogens is 454 g/mol. The van der Waals surface area contributed by atoms with Gasteiger partial charge in [0.2, 0.25) is 5.88 Å². The number of amides is 1. The van der Waals surface area contributed by atoms with Gasteiger partial charge in [-0.05, 0) is 36.7 Å². The van der Waals surface area contributed by atoms with E-state index in [1.54, 1.807) is 0 Å². The van der Waals surface area contributed by atoms with Crippen molar-refractivity contribution in [3.05, 3.63) is 47.7 Å². The molecule has 1 aromatic heterocycles. The van der Waals surface area contributed by atoms with Gasteiger partial charge in [0.25, 0.3) is 16.0 Å². The number of hydrogen-bond acceptors (Lipinski definition) is 6. The second-order valence-electron chi connectivity index (χ2n) is 9.34. The number of rotatable bonds is 12. The maximum atomic E-state index is 13.2. The van der Waals surface area contributed by atoms with Gasteiger partial charge in [0.15, 0.2) is 0 Å². The first-order valence-electron chi connectivity index (χ1n) is 12.1. The molecule has 1 N–H and O–H groups in total. The summed E-state index contributed by atoms with van der Waals surface area (Å²) in [6.45, 7) is 4.83. The lowest BCUT2D eigenvalue weighted by Gasteiger charge is -2.31. The van der Waals surface area contributed by atoms with Crippen LogP contribution in [0.5, 0.6) is 5.88 Å². The van der Waals surface area contributed by atoms with Gasteiger partial charge >= 0.3 is 0 Å². The Balaban J connectivity index is 1.70. The Hall–Kier alpha value is -2.39. The molecule has 34 heavy (non-hydrogen) atoms. The van der Waals surface area contributed by atoms with Crippen LogP contribution in [0.3, 0.4) is 0 Å². The maximum Gasteiger partial charge on any atom is 0.264 e. The van der Waals surface area contributed by atoms with Crippen LogP contribution < -0.4 is 10.1 Å². The van der Waals surface area contributed by atoms with Gasteiger partial charge in [-0.2, -0.15) is 13.5 Å². The van der Waals surface area contributed by atoms with Gasteiger partial charge in [-0.1, -0.05) is 63.4 Å². The molecule has 3 rings (SSSR count). The average Bonchev–Trinajstić information content (AvgIpc) is 3.20. The van der Waals surface area contributed by atoms with Crippen LogP contribution in [0.1, 0.15) is 68.3 Å². The van der Waals surface area contributed by atoms with E-state index in [0.717, 1.165) is 31.1 Å². The number of hydrogen-bond donors (Lipinski definition) is 1. The predicted octanol–water partition coefficient (Wildman–Crippen LogP) is 4.16. The monoisotopic (exact) mass is 491 g/mol. The summed E-state index contributed by atoms with van der Waals surface area (Å²) in [5.74, 6) is 1.43. The summed E-state index contributed by atoms with van der Waals surface area (Å²) >= 11 is 0. The lowest BCUT2D eigenvalue weighted by molar-refractivity contribution is 0.0911. The van der Waals surface area contributed by atoms with E-state index < -0.39 is 10.1 Å². The van der Waals surface area contributed by atoms with Gasteiger partial charge in [0.1, 0.15) is 12.2 Å². The van der Waals surface area contributed by atoms with Crippen molar-refractivity contribution in [2.24, 2.45) is 11.8 Å². The summed E-state index contributed by atoms with van der Waals surface area (Å²) in [6.07, 6.45) is 9.17. The van der Waals surface area contributed by atoms with Crippen molar-refractivity contribution >= 4 is 16.0 Å². The van der Waals surface area contributed by atoms with E-state index in [9.17, 15) is 13.2 Å². The van der Waals surface area contributed by atoms with Crippen LogP contribution in [0.25, 0.3) is 0 Å². The van der Waals surface area contributed by atoms with E-state index in [1.807, 2.05) is 30.3 Å². The summed E-state index contributed by atoms with van der Waals surface area (Å²) in [5, 5.41) is 7.47. The highest BCUT2D eigenvalue weighted by atomic mass is 32.2. The minimum atomic E-state index is -3.57. The van der Waals surface area contributed by atoms with Crippen LogP contribution in [0.2, 0.25) is 0 Å². The lowest BCUT2D eigenvalue weighted by atomic mass is 9.80. The highest BCUT2D eigenvalue weighted by Crippen LogP contribution is 2.31. The Morgan fingerprint density at radius 2 is 2.03 bits per heavy atom. The topological polar surface area (TPSA) is 99.5 Å². The SMILES string of the molecule is CCC(C)CC1CCCC(NC(=O)c2cnn(CCOS(C)(=O)=O)c2OCc2ccccc2)C1. The second kappa shape index (κ2) is 12.4. The number of carbonyl (C=O) groups is 1. The normalized spacial score (nSPS) is 19.5. The summed E-state index contributed by atoms with van der Waals surface area (Å²) in [6, 6.07) is 9.77. The molecule has 1 heterocycles. The molecule has 1 fully saturated rings. The van der Waals surface area contributed by atoms with Gasteiger partial charge in [0, 0.05) is 6.04 Å². The van der Waals surface area contributed by atoms with Crippen LogP contribution in [0, 0.1) is 11.8 Å². The molecule has 1 aliphatic rings. The van der Waals surface area contributed by atoms with Crippen LogP contribution in [0.4, 0.5) is 0 Å². The standard InChI is InChI=1S/C25H37N3O5S/c1-4-19(2)15-21-11-8-12-22(16-21)27-24(29)23-17-26-28(13-14-33-34(3,30)31)25(23)32-18-20-9-6-5-7-10-20/h5-7,9-10,17,19,21-22H,4,8,11-16,18H2,1-3H3,(H,27,29). The zero-order valence-electron chi connectivity index (χ0n) is 20.4. The zero-order valence-corrected chi connectivity index (χ0v) is 21.2. The Bertz CT molecular complexity index is 1020. The largest absolute Gasteiger partial charge is 0.472 e. The van der Waals surface area contributed by atoms with Gasteiger partial charge in [-0.25, -0.2) is 4.68 Å². The highest BCUT2D eigenvalue weighted by molar-refractivity contribution is 7.85. The molecule has 0 spiro atoms. The third-order valence-corrected chi connectivity index (χ3v) is 7.00. The number of carbonyl (C=O) groups excluding carboxylic acids is 1. The fourth-order valence-electron chi connectivity index (χ4n) is 4.48. The molecule has 3 unspecified atom stereocenters. The van der Waals surface area contributed by atoms with Crippen molar-refractivity contribution in [3.63, 3.8) is 0 Å². The number of benzene rings is 1. The number of nitrogens with one attached hydrogen (secondary N) is 1. The molecule has 1 aromatic carbocycles. The third-order valence-electron chi connectivity index (χ3n) is 6.41. The molecule has 8 nitrogen and oxygen atoms in total. The van der Waals surface area contributed by atoms with Crippen molar-refractivity contribution < 1.29 is 22.1 Å². The molecule has 1 saturated carbocycles. The Morgan fingerprint density at radius 1 is 1.26 bits per heavy atom. The van der Waals surface area contributed by atoms with E-state index in [0.29, 0.717) is 23.3 Å². The number of ether oxygens (including phenoxy) is 1. The fourth-order valence-corrected chi connectivity index (χ4v) is 4.85. The first-order valence-corrected chi connectivity index (χ1v) is 13.9. The predicted molar refractivity (Wildman–Crippen MR) is 131 cm³/mol. The summed E-state index contributed by atoms with van der Waals surface area (Å²) in [4.78, 5) is 13.2. The Kier molecular flexibility index (Phi) is 9.53. The molecule has 188 valence electrons. The molecule has 2 aromatic rings. The van der Waals surface area contributed by atoms with E-state index in [1.165, 1.54) is 30.1 Å². The van der Waals surface area contributed by atoms with Crippen molar-refractivity contribution in [1.82, 2.24) is 15.1 Å². The van der Waals surface area contributed by atoms with Crippen molar-refractivity contribution in [1.29, 1.82) is 0 Å². The molecule has 0 aliphatic heterocycles. The van der Waals surface area contributed by atoms with Crippen molar-refractivity contribution in [2.75, 3.05) is 12.9 Å². The molecule has 1 aliphatic carbocycles. The minimum Gasteiger partial charge on any atom is -0.472 e. The number of nitrogens with zero attached hydrogens (tertiary/aromatic N) is 2. The first kappa shape index (κ1) is 26.2. The third kappa shape index (κ3) is 8.13. The van der Waals surface area contributed by atoms with E-state index in [2.05, 4.69) is 24.3 Å². The van der Waals surface area contributed by atoms with Gasteiger partial charge in [-0.15, -0.1) is 0 Å². The molecule has 1 amide bonds. The quantitative estimate of drug-likeness (QED) is 0.448. The molecule has 3 atom stereocenters. The van der Waals surface area contributed by atoms with Gasteiger partial charge < -0.3 is 10.1 Å². The van der Waals surface area contributed by atoms with E-state index in [4.69, 9.17) is 8.92 Å². The Morgan fingerprint density at radius 3 is 2.74 bits per heavy atom. The van der Waals surface area contributed by atoms with Crippen LogP contribution in [0.15, 0.2) is 36.5 Å². The highest BCUT2D eigenvalue weighted by Gasteiger charge is 2.27. The fraction of sp³-hybridized carbons (Fsp3) is 0.600. The van der Waals surface area contributed by atoms with Crippen LogP contribution in [-0.2, 0) is 27.5 Å². The molecule has 0 bridgehead atoms. The Labute approximate surface area is 203 Å². The van der Waals surface area contributed by atoms with Gasteiger partial charge in [-0.3, -0.25) is 8.98 Å². The first-order chi connectivity index (χ1) is 16.2. The minimum absolute atomic E-state index is 0.0941. The summed E-state index contributed by atoms with van der Waals surface area (Å²) < 4.78 is 35.0. The summed E-state index contributed by atoms with van der Waals surface area (Å²) in [7, 11) is -3.57. The molecule has 9 heteroatoms. The molecular formula is C25H37N3O5S. The molecule has 0 radical (unpaired) electrons. The zero-order chi connectivity index (χ0) is 24.6. The van der Waals surface area contributed by atoms with Gasteiger partial charge in [0.05, 0.1) is 25.6 Å². The molecule has 0 saturated heterocycles. The van der Waals surface area contributed by atoms with Crippen LogP contribution >= 0.6 is 0 Å².